The van der Waals surface area contributed by atoms with Crippen molar-refractivity contribution >= 4 is 51.3 Å². The van der Waals surface area contributed by atoms with Crippen LogP contribution in [0.3, 0.4) is 0 Å². The lowest BCUT2D eigenvalue weighted by Crippen LogP contribution is -1.78. The van der Waals surface area contributed by atoms with Gasteiger partial charge >= 0.3 is 0 Å². The minimum absolute atomic E-state index is 0.225. The first-order chi connectivity index (χ1) is 12.2. The van der Waals surface area contributed by atoms with Crippen molar-refractivity contribution in [3.8, 4) is 20.2 Å². The Morgan fingerprint density at radius 2 is 1.68 bits per heavy atom. The van der Waals surface area contributed by atoms with E-state index in [0.29, 0.717) is 0 Å². The van der Waals surface area contributed by atoms with Crippen molar-refractivity contribution in [2.45, 2.75) is 19.3 Å². The summed E-state index contributed by atoms with van der Waals surface area (Å²) in [4.78, 5) is 8.62. The molecule has 1 aromatic carbocycles. The molecule has 0 spiro atoms. The van der Waals surface area contributed by atoms with Crippen molar-refractivity contribution in [2.24, 2.45) is 4.99 Å². The van der Waals surface area contributed by atoms with E-state index in [1.165, 1.54) is 45.5 Å². The Kier molecular flexibility index (Phi) is 4.73. The summed E-state index contributed by atoms with van der Waals surface area (Å²) in [6.07, 6.45) is 6.00. The van der Waals surface area contributed by atoms with Crippen LogP contribution in [0.1, 0.15) is 24.1 Å². The third-order valence-corrected chi connectivity index (χ3v) is 6.79. The highest BCUT2D eigenvalue weighted by Gasteiger charge is 2.13. The van der Waals surface area contributed by atoms with Crippen LogP contribution in [0, 0.1) is 5.82 Å². The largest absolute Gasteiger partial charge is 0.205 e. The summed E-state index contributed by atoms with van der Waals surface area (Å²) in [7, 11) is 0. The van der Waals surface area contributed by atoms with Gasteiger partial charge in [-0.2, -0.15) is 4.99 Å². The smallest absolute Gasteiger partial charge is 0.150 e. The molecular formula is C20H14FNS3. The summed E-state index contributed by atoms with van der Waals surface area (Å²) < 4.78 is 14.0. The second-order valence-corrected chi connectivity index (χ2v) is 8.17. The number of isothiocyanates is 1. The lowest BCUT2D eigenvalue weighted by Gasteiger charge is -2.00. The van der Waals surface area contributed by atoms with E-state index < -0.39 is 0 Å². The van der Waals surface area contributed by atoms with Crippen LogP contribution in [0.4, 0.5) is 10.1 Å². The molecule has 25 heavy (non-hydrogen) atoms. The molecule has 0 fully saturated rings. The van der Waals surface area contributed by atoms with Crippen molar-refractivity contribution < 1.29 is 4.39 Å². The van der Waals surface area contributed by atoms with Crippen LogP contribution in [-0.2, 0) is 0 Å². The molecule has 0 bridgehead atoms. The van der Waals surface area contributed by atoms with Gasteiger partial charge in [0.15, 0.2) is 0 Å². The second kappa shape index (κ2) is 7.14. The standard InChI is InChI=1S/C20H14FNS3/c21-15-11-14(5-6-16(15)22-12-23)18-8-10-20(25-18)19-9-7-17(24-19)13-3-1-2-4-13/h3,5-11H,1-2,4H2. The number of allylic oxidation sites excluding steroid dienone is 2. The molecule has 4 rings (SSSR count). The SMILES string of the molecule is Fc1cc(-c2ccc(-c3ccc(C4=CCCC4)s3)s2)ccc1N=C=S. The summed E-state index contributed by atoms with van der Waals surface area (Å²) in [5.74, 6) is -0.378. The van der Waals surface area contributed by atoms with Crippen molar-refractivity contribution in [1.82, 2.24) is 0 Å². The number of nitrogens with zero attached hydrogens (tertiary/aromatic N) is 1. The minimum atomic E-state index is -0.378. The van der Waals surface area contributed by atoms with Gasteiger partial charge < -0.3 is 0 Å². The van der Waals surface area contributed by atoms with Crippen LogP contribution in [0.25, 0.3) is 25.8 Å². The van der Waals surface area contributed by atoms with Gasteiger partial charge in [-0.3, -0.25) is 0 Å². The van der Waals surface area contributed by atoms with Gasteiger partial charge in [-0.15, -0.1) is 22.7 Å². The molecule has 1 aliphatic carbocycles. The van der Waals surface area contributed by atoms with Crippen LogP contribution in [0.5, 0.6) is 0 Å². The highest BCUT2D eigenvalue weighted by Crippen LogP contribution is 2.41. The Morgan fingerprint density at radius 1 is 0.960 bits per heavy atom. The van der Waals surface area contributed by atoms with Gasteiger partial charge in [-0.05, 0) is 79.0 Å². The normalized spacial score (nSPS) is 13.6. The van der Waals surface area contributed by atoms with E-state index in [0.717, 1.165) is 10.4 Å². The molecule has 0 saturated heterocycles. The predicted molar refractivity (Wildman–Crippen MR) is 110 cm³/mol. The first kappa shape index (κ1) is 16.6. The summed E-state index contributed by atoms with van der Waals surface area (Å²) in [5, 5.41) is 2.20. The van der Waals surface area contributed by atoms with Crippen molar-refractivity contribution in [1.29, 1.82) is 0 Å². The molecule has 2 heterocycles. The lowest BCUT2D eigenvalue weighted by atomic mass is 10.1. The van der Waals surface area contributed by atoms with Gasteiger partial charge in [-0.1, -0.05) is 12.1 Å². The van der Waals surface area contributed by atoms with E-state index in [1.54, 1.807) is 17.4 Å². The fraction of sp³-hybridized carbons (Fsp3) is 0.150. The van der Waals surface area contributed by atoms with Gasteiger partial charge in [0.1, 0.15) is 11.5 Å². The fourth-order valence-electron chi connectivity index (χ4n) is 2.96. The van der Waals surface area contributed by atoms with Crippen LogP contribution in [0.15, 0.2) is 53.5 Å². The monoisotopic (exact) mass is 383 g/mol. The second-order valence-electron chi connectivity index (χ2n) is 5.82. The van der Waals surface area contributed by atoms with Crippen LogP contribution in [0.2, 0.25) is 0 Å². The Morgan fingerprint density at radius 3 is 2.36 bits per heavy atom. The van der Waals surface area contributed by atoms with Crippen molar-refractivity contribution in [3.63, 3.8) is 0 Å². The molecule has 124 valence electrons. The molecule has 0 saturated carbocycles. The average Bonchev–Trinajstić information content (AvgIpc) is 3.36. The van der Waals surface area contributed by atoms with Gasteiger partial charge in [-0.25, -0.2) is 4.39 Å². The number of benzene rings is 1. The number of aliphatic imine (C=N–C) groups is 1. The number of halogens is 1. The van der Waals surface area contributed by atoms with Gasteiger partial charge in [0, 0.05) is 19.5 Å². The molecule has 0 unspecified atom stereocenters. The molecule has 1 nitrogen and oxygen atoms in total. The van der Waals surface area contributed by atoms with Crippen LogP contribution in [-0.4, -0.2) is 5.16 Å². The van der Waals surface area contributed by atoms with Crippen molar-refractivity contribution in [3.05, 3.63) is 59.2 Å². The number of thiophene rings is 2. The molecule has 1 aliphatic rings. The summed E-state index contributed by atoms with van der Waals surface area (Å²) in [5.41, 5.74) is 2.56. The van der Waals surface area contributed by atoms with Crippen LogP contribution >= 0.6 is 34.9 Å². The van der Waals surface area contributed by atoms with Gasteiger partial charge in [0.05, 0.1) is 5.16 Å². The van der Waals surface area contributed by atoms with E-state index in [2.05, 4.69) is 46.6 Å². The van der Waals surface area contributed by atoms with Crippen molar-refractivity contribution in [2.75, 3.05) is 0 Å². The average molecular weight is 384 g/mol. The van der Waals surface area contributed by atoms with Gasteiger partial charge in [0.2, 0.25) is 0 Å². The van der Waals surface area contributed by atoms with E-state index in [-0.39, 0.29) is 11.5 Å². The molecule has 0 radical (unpaired) electrons. The molecule has 0 atom stereocenters. The summed E-state index contributed by atoms with van der Waals surface area (Å²) >= 11 is 8.05. The lowest BCUT2D eigenvalue weighted by molar-refractivity contribution is 0.630. The third-order valence-electron chi connectivity index (χ3n) is 4.21. The van der Waals surface area contributed by atoms with Crippen LogP contribution < -0.4 is 0 Å². The fourth-order valence-corrected chi connectivity index (χ4v) is 5.23. The number of hydrogen-bond acceptors (Lipinski definition) is 4. The first-order valence-corrected chi connectivity index (χ1v) is 10.1. The zero-order valence-electron chi connectivity index (χ0n) is 13.3. The van der Waals surface area contributed by atoms with E-state index in [1.807, 2.05) is 23.5 Å². The maximum absolute atomic E-state index is 14.0. The Labute approximate surface area is 159 Å². The molecule has 3 aromatic rings. The maximum atomic E-state index is 14.0. The molecule has 2 aromatic heterocycles. The van der Waals surface area contributed by atoms with E-state index in [4.69, 9.17) is 0 Å². The number of hydrogen-bond donors (Lipinski definition) is 0. The third kappa shape index (κ3) is 3.42. The highest BCUT2D eigenvalue weighted by atomic mass is 32.1. The molecule has 0 aliphatic heterocycles. The Bertz CT molecular complexity index is 1010. The first-order valence-electron chi connectivity index (χ1n) is 8.02. The Hall–Kier alpha value is -1.91. The van der Waals surface area contributed by atoms with Gasteiger partial charge in [0.25, 0.3) is 0 Å². The highest BCUT2D eigenvalue weighted by molar-refractivity contribution is 7.78. The zero-order valence-corrected chi connectivity index (χ0v) is 15.7. The van der Waals surface area contributed by atoms with E-state index in [9.17, 15) is 4.39 Å². The maximum Gasteiger partial charge on any atom is 0.150 e. The molecule has 5 heteroatoms. The zero-order chi connectivity index (χ0) is 17.2. The Balaban J connectivity index is 1.62. The molecular weight excluding hydrogens is 369 g/mol. The number of rotatable bonds is 4. The van der Waals surface area contributed by atoms with E-state index >= 15 is 0 Å². The topological polar surface area (TPSA) is 12.4 Å². The predicted octanol–water partition coefficient (Wildman–Crippen LogP) is 7.58. The quantitative estimate of drug-likeness (QED) is 0.334. The minimum Gasteiger partial charge on any atom is -0.205 e. The summed E-state index contributed by atoms with van der Waals surface area (Å²) in [6.45, 7) is 0. The molecule has 0 amide bonds. The molecule has 0 N–H and O–H groups in total. The summed E-state index contributed by atoms with van der Waals surface area (Å²) in [6, 6.07) is 13.6. The number of thiocarbonyl (C=S) groups is 1.